The molecule has 8 heteroatoms. The number of benzene rings is 1. The zero-order valence-corrected chi connectivity index (χ0v) is 15.8. The molecule has 144 valence electrons. The first-order valence-electron chi connectivity index (χ1n) is 8.71. The molecule has 0 saturated heterocycles. The first kappa shape index (κ1) is 19.6. The monoisotopic (exact) mass is 388 g/mol. The van der Waals surface area contributed by atoms with Crippen molar-refractivity contribution in [3.05, 3.63) is 41.5 Å². The molecule has 1 fully saturated rings. The van der Waals surface area contributed by atoms with Gasteiger partial charge in [-0.05, 0) is 24.3 Å². The molecular formula is C19H24N4O3S. The number of thioether (sulfide) groups is 1. The van der Waals surface area contributed by atoms with E-state index in [1.165, 1.54) is 11.8 Å². The number of nitrogens with two attached hydrogens (primary N) is 1. The molecule has 1 aromatic carbocycles. The quantitative estimate of drug-likeness (QED) is 0.372. The summed E-state index contributed by atoms with van der Waals surface area (Å²) in [6.45, 7) is -0.181. The van der Waals surface area contributed by atoms with Gasteiger partial charge in [-0.15, -0.1) is 11.8 Å². The summed E-state index contributed by atoms with van der Waals surface area (Å²) in [4.78, 5) is 8.59. The highest BCUT2D eigenvalue weighted by atomic mass is 32.2. The molecule has 0 spiro atoms. The molecule has 27 heavy (non-hydrogen) atoms. The highest BCUT2D eigenvalue weighted by Gasteiger charge is 2.41. The van der Waals surface area contributed by atoms with Gasteiger partial charge in [0.1, 0.15) is 16.9 Å². The Hall–Kier alpha value is -2.13. The molecule has 0 bridgehead atoms. The summed E-state index contributed by atoms with van der Waals surface area (Å²) in [5, 5.41) is 33.6. The minimum absolute atomic E-state index is 0.130. The predicted molar refractivity (Wildman–Crippen MR) is 108 cm³/mol. The minimum Gasteiger partial charge on any atom is -0.396 e. The molecule has 1 aliphatic rings. The number of hydrogen-bond donors (Lipinski definition) is 5. The van der Waals surface area contributed by atoms with Gasteiger partial charge in [-0.25, -0.2) is 4.98 Å². The smallest absolute Gasteiger partial charge is 0.223 e. The van der Waals surface area contributed by atoms with Gasteiger partial charge < -0.3 is 26.4 Å². The van der Waals surface area contributed by atoms with Crippen molar-refractivity contribution in [1.82, 2.24) is 9.97 Å². The van der Waals surface area contributed by atoms with E-state index in [9.17, 15) is 15.3 Å². The minimum atomic E-state index is -0.998. The van der Waals surface area contributed by atoms with Crippen LogP contribution in [0.3, 0.4) is 0 Å². The molecule has 0 aliphatic heterocycles. The first-order chi connectivity index (χ1) is 13.0. The predicted octanol–water partition coefficient (Wildman–Crippen LogP) is 1.47. The number of nitrogens with zero attached hydrogens (tertiary/aromatic N) is 2. The van der Waals surface area contributed by atoms with Gasteiger partial charge in [0.05, 0.1) is 12.1 Å². The van der Waals surface area contributed by atoms with Gasteiger partial charge in [0.25, 0.3) is 0 Å². The molecule has 0 amide bonds. The van der Waals surface area contributed by atoms with Crippen molar-refractivity contribution < 1.29 is 15.3 Å². The fourth-order valence-electron chi connectivity index (χ4n) is 3.25. The Morgan fingerprint density at radius 2 is 1.93 bits per heavy atom. The number of anilines is 2. The van der Waals surface area contributed by atoms with Crippen molar-refractivity contribution in [2.75, 3.05) is 23.9 Å². The van der Waals surface area contributed by atoms with Crippen LogP contribution in [0.15, 0.2) is 35.4 Å². The van der Waals surface area contributed by atoms with E-state index in [1.807, 2.05) is 48.7 Å². The standard InChI is InChI=1S/C19H24N4O3S/c1-27-18-13(8-7-11-5-3-2-4-6-11)17(22-19(20)23-18)21-14-9-12(10-24)15(25)16(14)26/h2-8,12,14-16,24-26H,9-10H2,1H3,(H3,20,21,22,23)/t12-,14-,15-,16+/m1/s1. The SMILES string of the molecule is CSc1nc(N)nc(N[C@@H]2C[C@H](CO)[C@@H](O)[C@H]2O)c1C=Cc1ccccc1. The summed E-state index contributed by atoms with van der Waals surface area (Å²) in [5.41, 5.74) is 7.64. The molecule has 4 atom stereocenters. The van der Waals surface area contributed by atoms with Crippen molar-refractivity contribution in [1.29, 1.82) is 0 Å². The molecule has 1 aromatic heterocycles. The third kappa shape index (κ3) is 4.41. The summed E-state index contributed by atoms with van der Waals surface area (Å²) in [5.74, 6) is 0.249. The topological polar surface area (TPSA) is 125 Å². The van der Waals surface area contributed by atoms with Crippen LogP contribution in [0.1, 0.15) is 17.5 Å². The zero-order valence-electron chi connectivity index (χ0n) is 15.0. The maximum atomic E-state index is 10.3. The Morgan fingerprint density at radius 1 is 1.19 bits per heavy atom. The Bertz CT molecular complexity index is 803. The number of nitrogen functional groups attached to an aromatic ring is 1. The maximum absolute atomic E-state index is 10.3. The van der Waals surface area contributed by atoms with E-state index in [4.69, 9.17) is 5.73 Å². The van der Waals surface area contributed by atoms with Gasteiger partial charge in [-0.1, -0.05) is 36.4 Å². The largest absolute Gasteiger partial charge is 0.396 e. The Labute approximate surface area is 162 Å². The van der Waals surface area contributed by atoms with Crippen LogP contribution in [0.2, 0.25) is 0 Å². The summed E-state index contributed by atoms with van der Waals surface area (Å²) >= 11 is 1.45. The molecule has 0 radical (unpaired) electrons. The molecule has 7 nitrogen and oxygen atoms in total. The molecule has 6 N–H and O–H groups in total. The van der Waals surface area contributed by atoms with E-state index in [0.29, 0.717) is 17.3 Å². The van der Waals surface area contributed by atoms with E-state index >= 15 is 0 Å². The average Bonchev–Trinajstić information content (AvgIpc) is 2.95. The maximum Gasteiger partial charge on any atom is 0.223 e. The Morgan fingerprint density at radius 3 is 2.56 bits per heavy atom. The van der Waals surface area contributed by atoms with Gasteiger partial charge in [-0.3, -0.25) is 0 Å². The van der Waals surface area contributed by atoms with E-state index in [1.54, 1.807) is 0 Å². The second-order valence-electron chi connectivity index (χ2n) is 6.51. The number of nitrogens with one attached hydrogen (secondary N) is 1. The molecule has 3 rings (SSSR count). The summed E-state index contributed by atoms with van der Waals surface area (Å²) in [6, 6.07) is 9.41. The van der Waals surface area contributed by atoms with Crippen LogP contribution in [0.5, 0.6) is 0 Å². The Balaban J connectivity index is 1.92. The lowest BCUT2D eigenvalue weighted by Gasteiger charge is -2.20. The fraction of sp³-hybridized carbons (Fsp3) is 0.368. The number of aliphatic hydroxyl groups is 3. The van der Waals surface area contributed by atoms with Crippen LogP contribution in [0, 0.1) is 5.92 Å². The zero-order chi connectivity index (χ0) is 19.4. The fourth-order valence-corrected chi connectivity index (χ4v) is 3.82. The van der Waals surface area contributed by atoms with Crippen molar-refractivity contribution in [2.45, 2.75) is 29.7 Å². The molecule has 1 saturated carbocycles. The summed E-state index contributed by atoms with van der Waals surface area (Å²) in [6.07, 6.45) is 4.22. The summed E-state index contributed by atoms with van der Waals surface area (Å²) in [7, 11) is 0. The highest BCUT2D eigenvalue weighted by molar-refractivity contribution is 7.98. The van der Waals surface area contributed by atoms with Crippen LogP contribution in [-0.4, -0.2) is 56.4 Å². The summed E-state index contributed by atoms with van der Waals surface area (Å²) < 4.78 is 0. The number of aliphatic hydroxyl groups excluding tert-OH is 3. The van der Waals surface area contributed by atoms with Crippen LogP contribution >= 0.6 is 11.8 Å². The third-order valence-corrected chi connectivity index (χ3v) is 5.42. The van der Waals surface area contributed by atoms with Gasteiger partial charge >= 0.3 is 0 Å². The second kappa shape index (κ2) is 8.71. The van der Waals surface area contributed by atoms with Crippen LogP contribution in [0.25, 0.3) is 12.2 Å². The number of rotatable bonds is 6. The molecule has 1 aliphatic carbocycles. The Kier molecular flexibility index (Phi) is 6.33. The van der Waals surface area contributed by atoms with Gasteiger partial charge in [0.2, 0.25) is 5.95 Å². The lowest BCUT2D eigenvalue weighted by Crippen LogP contribution is -2.35. The lowest BCUT2D eigenvalue weighted by molar-refractivity contribution is 0.00445. The molecular weight excluding hydrogens is 364 g/mol. The van der Waals surface area contributed by atoms with Gasteiger partial charge in [0.15, 0.2) is 0 Å². The van der Waals surface area contributed by atoms with E-state index < -0.39 is 18.2 Å². The van der Waals surface area contributed by atoms with E-state index in [2.05, 4.69) is 15.3 Å². The normalized spacial score (nSPS) is 25.2. The van der Waals surface area contributed by atoms with E-state index in [0.717, 1.165) is 11.1 Å². The van der Waals surface area contributed by atoms with Crippen molar-refractivity contribution in [2.24, 2.45) is 5.92 Å². The van der Waals surface area contributed by atoms with Crippen molar-refractivity contribution in [3.63, 3.8) is 0 Å². The van der Waals surface area contributed by atoms with Crippen molar-refractivity contribution in [3.8, 4) is 0 Å². The second-order valence-corrected chi connectivity index (χ2v) is 7.30. The van der Waals surface area contributed by atoms with Crippen LogP contribution in [-0.2, 0) is 0 Å². The van der Waals surface area contributed by atoms with E-state index in [-0.39, 0.29) is 18.5 Å². The van der Waals surface area contributed by atoms with Gasteiger partial charge in [-0.2, -0.15) is 4.98 Å². The van der Waals surface area contributed by atoms with Crippen molar-refractivity contribution >= 4 is 35.7 Å². The van der Waals surface area contributed by atoms with Gasteiger partial charge in [0, 0.05) is 18.1 Å². The third-order valence-electron chi connectivity index (χ3n) is 4.72. The average molecular weight is 388 g/mol. The number of aromatic nitrogens is 2. The van der Waals surface area contributed by atoms with Crippen LogP contribution < -0.4 is 11.1 Å². The lowest BCUT2D eigenvalue weighted by atomic mass is 10.1. The molecule has 2 aromatic rings. The molecule has 0 unspecified atom stereocenters. The highest BCUT2D eigenvalue weighted by Crippen LogP contribution is 2.32. The number of hydrogen-bond acceptors (Lipinski definition) is 8. The molecule has 1 heterocycles. The van der Waals surface area contributed by atoms with Crippen LogP contribution in [0.4, 0.5) is 11.8 Å². The first-order valence-corrected chi connectivity index (χ1v) is 9.94.